The summed E-state index contributed by atoms with van der Waals surface area (Å²) in [4.78, 5) is 10.1. The van der Waals surface area contributed by atoms with Gasteiger partial charge < -0.3 is 4.42 Å². The maximum atomic E-state index is 12.8. The fraction of sp³-hybridized carbons (Fsp3) is 0.429. The van der Waals surface area contributed by atoms with Crippen LogP contribution < -0.4 is 0 Å². The van der Waals surface area contributed by atoms with Crippen LogP contribution in [0.25, 0.3) is 0 Å². The second-order valence-corrected chi connectivity index (χ2v) is 5.79. The first-order valence-corrected chi connectivity index (χ1v) is 7.77. The van der Waals surface area contributed by atoms with Crippen molar-refractivity contribution in [2.24, 2.45) is 0 Å². The number of hydrogen-bond acceptors (Lipinski definition) is 7. The SMILES string of the molecule is Cc1cc(C(F)(F)F)nn1C(C)c1nnc(CCn2cc([N+](=O)[O-])cn2)o1. The lowest BCUT2D eigenvalue weighted by Crippen LogP contribution is -2.13. The van der Waals surface area contributed by atoms with Gasteiger partial charge in [0.25, 0.3) is 0 Å². The van der Waals surface area contributed by atoms with Crippen molar-refractivity contribution in [1.29, 1.82) is 0 Å². The van der Waals surface area contributed by atoms with Crippen LogP contribution in [0.1, 0.15) is 36.1 Å². The molecule has 3 heterocycles. The summed E-state index contributed by atoms with van der Waals surface area (Å²) in [7, 11) is 0. The monoisotopic (exact) mass is 385 g/mol. The Hall–Kier alpha value is -3.25. The Morgan fingerprint density at radius 2 is 2.11 bits per heavy atom. The molecule has 0 saturated carbocycles. The first-order chi connectivity index (χ1) is 12.6. The zero-order chi connectivity index (χ0) is 19.8. The number of alkyl halides is 3. The molecule has 0 aliphatic rings. The van der Waals surface area contributed by atoms with Gasteiger partial charge in [-0.2, -0.15) is 23.4 Å². The normalized spacial score (nSPS) is 13.1. The van der Waals surface area contributed by atoms with Gasteiger partial charge in [0, 0.05) is 18.7 Å². The predicted molar refractivity (Wildman–Crippen MR) is 82.7 cm³/mol. The molecule has 3 aromatic rings. The van der Waals surface area contributed by atoms with Crippen LogP contribution in [0.4, 0.5) is 18.9 Å². The minimum atomic E-state index is -4.54. The fourth-order valence-corrected chi connectivity index (χ4v) is 2.44. The standard InChI is InChI=1S/C14H14F3N7O3/c1-8-5-11(14(15,16)17)21-23(8)9(2)13-20-19-12(27-13)3-4-22-7-10(6-18-22)24(25)26/h5-7,9H,3-4H2,1-2H3. The largest absolute Gasteiger partial charge is 0.435 e. The summed E-state index contributed by atoms with van der Waals surface area (Å²) >= 11 is 0. The van der Waals surface area contributed by atoms with Gasteiger partial charge in [0.15, 0.2) is 5.69 Å². The van der Waals surface area contributed by atoms with Gasteiger partial charge in [0.05, 0.1) is 4.92 Å². The van der Waals surface area contributed by atoms with E-state index in [9.17, 15) is 23.3 Å². The molecule has 0 radical (unpaired) electrons. The number of aromatic nitrogens is 6. The smallest absolute Gasteiger partial charge is 0.423 e. The van der Waals surface area contributed by atoms with Gasteiger partial charge in [-0.3, -0.25) is 19.5 Å². The van der Waals surface area contributed by atoms with E-state index in [-0.39, 0.29) is 30.4 Å². The quantitative estimate of drug-likeness (QED) is 0.473. The third-order valence-electron chi connectivity index (χ3n) is 3.80. The fourth-order valence-electron chi connectivity index (χ4n) is 2.44. The van der Waals surface area contributed by atoms with Gasteiger partial charge >= 0.3 is 11.9 Å². The molecule has 0 aliphatic carbocycles. The molecule has 0 amide bonds. The highest BCUT2D eigenvalue weighted by Crippen LogP contribution is 2.30. The zero-order valence-corrected chi connectivity index (χ0v) is 14.2. The molecule has 3 rings (SSSR count). The Balaban J connectivity index is 1.69. The summed E-state index contributed by atoms with van der Waals surface area (Å²) < 4.78 is 46.4. The van der Waals surface area contributed by atoms with Gasteiger partial charge in [0.1, 0.15) is 18.4 Å². The molecule has 0 aliphatic heterocycles. The second kappa shape index (κ2) is 6.81. The number of nitrogens with zero attached hydrogens (tertiary/aromatic N) is 7. The van der Waals surface area contributed by atoms with Crippen LogP contribution in [0.15, 0.2) is 22.9 Å². The van der Waals surface area contributed by atoms with Crippen molar-refractivity contribution in [1.82, 2.24) is 29.8 Å². The Bertz CT molecular complexity index is 959. The number of halogens is 3. The van der Waals surface area contributed by atoms with Gasteiger partial charge in [-0.05, 0) is 19.9 Å². The summed E-state index contributed by atoms with van der Waals surface area (Å²) in [6.45, 7) is 3.36. The summed E-state index contributed by atoms with van der Waals surface area (Å²) in [6, 6.07) is 0.256. The molecular formula is C14H14F3N7O3. The van der Waals surface area contributed by atoms with E-state index in [0.29, 0.717) is 5.69 Å². The van der Waals surface area contributed by atoms with Crippen molar-refractivity contribution < 1.29 is 22.5 Å². The summed E-state index contributed by atoms with van der Waals surface area (Å²) in [5, 5.41) is 25.7. The first-order valence-electron chi connectivity index (χ1n) is 7.77. The molecule has 13 heteroatoms. The number of nitro groups is 1. The van der Waals surface area contributed by atoms with E-state index in [0.717, 1.165) is 16.9 Å². The average molecular weight is 385 g/mol. The van der Waals surface area contributed by atoms with E-state index in [2.05, 4.69) is 20.4 Å². The molecule has 0 aromatic carbocycles. The van der Waals surface area contributed by atoms with Crippen molar-refractivity contribution in [2.75, 3.05) is 0 Å². The van der Waals surface area contributed by atoms with Crippen LogP contribution in [0, 0.1) is 17.0 Å². The molecule has 27 heavy (non-hydrogen) atoms. The third kappa shape index (κ3) is 3.96. The van der Waals surface area contributed by atoms with E-state index in [4.69, 9.17) is 4.42 Å². The molecule has 144 valence electrons. The maximum absolute atomic E-state index is 12.8. The summed E-state index contributed by atoms with van der Waals surface area (Å²) in [5.41, 5.74) is -0.824. The van der Waals surface area contributed by atoms with E-state index in [1.54, 1.807) is 6.92 Å². The van der Waals surface area contributed by atoms with Crippen molar-refractivity contribution in [3.8, 4) is 0 Å². The molecule has 1 unspecified atom stereocenters. The van der Waals surface area contributed by atoms with Crippen LogP contribution in [-0.2, 0) is 19.1 Å². The van der Waals surface area contributed by atoms with Gasteiger partial charge in [-0.25, -0.2) is 0 Å². The Morgan fingerprint density at radius 3 is 2.70 bits per heavy atom. The van der Waals surface area contributed by atoms with Crippen molar-refractivity contribution in [2.45, 2.75) is 39.0 Å². The van der Waals surface area contributed by atoms with E-state index >= 15 is 0 Å². The zero-order valence-electron chi connectivity index (χ0n) is 14.2. The minimum Gasteiger partial charge on any atom is -0.423 e. The Morgan fingerprint density at radius 1 is 1.37 bits per heavy atom. The van der Waals surface area contributed by atoms with E-state index in [1.165, 1.54) is 17.8 Å². The highest BCUT2D eigenvalue weighted by Gasteiger charge is 2.35. The predicted octanol–water partition coefficient (Wildman–Crippen LogP) is 2.55. The first kappa shape index (κ1) is 18.5. The van der Waals surface area contributed by atoms with Crippen LogP contribution in [-0.4, -0.2) is 34.7 Å². The van der Waals surface area contributed by atoms with Gasteiger partial charge in [-0.15, -0.1) is 10.2 Å². The number of rotatable bonds is 6. The molecular weight excluding hydrogens is 371 g/mol. The van der Waals surface area contributed by atoms with Gasteiger partial charge in [-0.1, -0.05) is 0 Å². The summed E-state index contributed by atoms with van der Waals surface area (Å²) in [5.74, 6) is 0.340. The lowest BCUT2D eigenvalue weighted by atomic mass is 10.3. The Labute approximate surface area is 149 Å². The molecule has 10 nitrogen and oxygen atoms in total. The second-order valence-electron chi connectivity index (χ2n) is 5.79. The van der Waals surface area contributed by atoms with Crippen molar-refractivity contribution in [3.63, 3.8) is 0 Å². The lowest BCUT2D eigenvalue weighted by molar-refractivity contribution is -0.385. The van der Waals surface area contributed by atoms with Crippen LogP contribution in [0.2, 0.25) is 0 Å². The Kier molecular flexibility index (Phi) is 4.68. The van der Waals surface area contributed by atoms with Crippen molar-refractivity contribution >= 4 is 5.69 Å². The molecule has 0 spiro atoms. The van der Waals surface area contributed by atoms with Crippen LogP contribution in [0.3, 0.4) is 0 Å². The molecule has 0 fully saturated rings. The number of aryl methyl sites for hydroxylation is 3. The van der Waals surface area contributed by atoms with Crippen molar-refractivity contribution in [3.05, 3.63) is 51.7 Å². The third-order valence-corrected chi connectivity index (χ3v) is 3.80. The average Bonchev–Trinajstić information content (AvgIpc) is 3.31. The maximum Gasteiger partial charge on any atom is 0.435 e. The molecule has 3 aromatic heterocycles. The minimum absolute atomic E-state index is 0.108. The molecule has 0 bridgehead atoms. The summed E-state index contributed by atoms with van der Waals surface area (Å²) in [6.07, 6.45) is -1.89. The number of hydrogen-bond donors (Lipinski definition) is 0. The van der Waals surface area contributed by atoms with Crippen LogP contribution >= 0.6 is 0 Å². The topological polar surface area (TPSA) is 118 Å². The molecule has 0 N–H and O–H groups in total. The highest BCUT2D eigenvalue weighted by molar-refractivity contribution is 5.20. The lowest BCUT2D eigenvalue weighted by Gasteiger charge is -2.09. The van der Waals surface area contributed by atoms with E-state index < -0.39 is 22.8 Å². The highest BCUT2D eigenvalue weighted by atomic mass is 19.4. The molecule has 0 saturated heterocycles. The van der Waals surface area contributed by atoms with Gasteiger partial charge in [0.2, 0.25) is 11.8 Å². The molecule has 1 atom stereocenters. The van der Waals surface area contributed by atoms with E-state index in [1.807, 2.05) is 0 Å². The van der Waals surface area contributed by atoms with Crippen LogP contribution in [0.5, 0.6) is 0 Å².